The third kappa shape index (κ3) is 2.99. The van der Waals surface area contributed by atoms with Crippen molar-refractivity contribution in [2.75, 3.05) is 17.6 Å². The van der Waals surface area contributed by atoms with Gasteiger partial charge in [0.25, 0.3) is 5.56 Å². The summed E-state index contributed by atoms with van der Waals surface area (Å²) >= 11 is 0. The fourth-order valence-corrected chi connectivity index (χ4v) is 5.00. The Kier molecular flexibility index (Phi) is 5.07. The van der Waals surface area contributed by atoms with E-state index >= 15 is 0 Å². The average molecular weight is 463 g/mol. The van der Waals surface area contributed by atoms with Crippen LogP contribution < -0.4 is 16.6 Å². The lowest BCUT2D eigenvalue weighted by atomic mass is 9.85. The van der Waals surface area contributed by atoms with Gasteiger partial charge in [-0.3, -0.25) is 9.59 Å². The van der Waals surface area contributed by atoms with Crippen LogP contribution in [-0.2, 0) is 37.8 Å². The number of pyridine rings is 2. The Morgan fingerprint density at radius 3 is 2.79 bits per heavy atom. The molecular formula is C25H26N4O5. The maximum Gasteiger partial charge on any atom is 0.355 e. The van der Waals surface area contributed by atoms with Crippen molar-refractivity contribution in [3.63, 3.8) is 0 Å². The predicted octanol–water partition coefficient (Wildman–Crippen LogP) is 3.05. The van der Waals surface area contributed by atoms with Crippen molar-refractivity contribution in [2.45, 2.75) is 52.4 Å². The standard InChI is InChI=1S/C25H26N4O5/c1-4-9-27-22-14-11-29-19(21(14)28-18-8-6-7-17(26)20(18)22)10-16-15(23(29)31)12-33-24(32)25(16,5-2)34-13(3)30/h6-8,10H,4-5,9,11-12,26H2,1-3H3,(H,27,28)/t25-/m0/s1. The van der Waals surface area contributed by atoms with E-state index in [1.165, 1.54) is 6.92 Å². The monoisotopic (exact) mass is 462 g/mol. The van der Waals surface area contributed by atoms with Gasteiger partial charge in [-0.25, -0.2) is 9.78 Å². The topological polar surface area (TPSA) is 126 Å². The molecule has 1 atom stereocenters. The van der Waals surface area contributed by atoms with Crippen molar-refractivity contribution in [2.24, 2.45) is 0 Å². The van der Waals surface area contributed by atoms with Gasteiger partial charge in [0.15, 0.2) is 0 Å². The second-order valence-electron chi connectivity index (χ2n) is 8.65. The van der Waals surface area contributed by atoms with E-state index in [0.29, 0.717) is 40.3 Å². The number of anilines is 2. The Morgan fingerprint density at radius 1 is 1.29 bits per heavy atom. The van der Waals surface area contributed by atoms with Crippen LogP contribution in [0.2, 0.25) is 0 Å². The largest absolute Gasteiger partial charge is 0.457 e. The molecule has 1 aromatic carbocycles. The van der Waals surface area contributed by atoms with Crippen LogP contribution in [0.4, 0.5) is 11.4 Å². The number of nitrogens with two attached hydrogens (primary N) is 1. The summed E-state index contributed by atoms with van der Waals surface area (Å²) in [5.74, 6) is -1.30. The van der Waals surface area contributed by atoms with E-state index in [1.54, 1.807) is 17.6 Å². The molecule has 0 saturated carbocycles. The molecule has 0 saturated heterocycles. The van der Waals surface area contributed by atoms with Gasteiger partial charge in [0.05, 0.1) is 34.7 Å². The fourth-order valence-electron chi connectivity index (χ4n) is 5.00. The number of aromatic nitrogens is 2. The zero-order valence-electron chi connectivity index (χ0n) is 19.4. The highest BCUT2D eigenvalue weighted by molar-refractivity contribution is 6.04. The summed E-state index contributed by atoms with van der Waals surface area (Å²) in [6, 6.07) is 7.31. The molecular weight excluding hydrogens is 436 g/mol. The number of nitrogen functional groups attached to an aromatic ring is 1. The van der Waals surface area contributed by atoms with Crippen molar-refractivity contribution in [1.29, 1.82) is 0 Å². The summed E-state index contributed by atoms with van der Waals surface area (Å²) in [5.41, 5.74) is 9.28. The molecule has 5 rings (SSSR count). The number of fused-ring (bicyclic) bond motifs is 5. The molecule has 3 aromatic rings. The van der Waals surface area contributed by atoms with Crippen LogP contribution in [0.15, 0.2) is 29.1 Å². The normalized spacial score (nSPS) is 18.1. The molecule has 0 aliphatic carbocycles. The van der Waals surface area contributed by atoms with Gasteiger partial charge in [-0.05, 0) is 31.0 Å². The number of rotatable bonds is 5. The number of benzene rings is 1. The molecule has 0 spiro atoms. The Bertz CT molecular complexity index is 1430. The number of carbonyl (C=O) groups is 2. The van der Waals surface area contributed by atoms with Gasteiger partial charge in [-0.2, -0.15) is 0 Å². The van der Waals surface area contributed by atoms with E-state index < -0.39 is 17.5 Å². The zero-order chi connectivity index (χ0) is 24.2. The highest BCUT2D eigenvalue weighted by Gasteiger charge is 2.50. The third-order valence-electron chi connectivity index (χ3n) is 6.58. The van der Waals surface area contributed by atoms with Crippen molar-refractivity contribution >= 4 is 34.2 Å². The first kappa shape index (κ1) is 21.9. The van der Waals surface area contributed by atoms with Gasteiger partial charge >= 0.3 is 11.9 Å². The maximum atomic E-state index is 13.6. The summed E-state index contributed by atoms with van der Waals surface area (Å²) in [5, 5.41) is 4.30. The number of nitrogens with one attached hydrogen (secondary N) is 1. The number of ether oxygens (including phenoxy) is 2. The van der Waals surface area contributed by atoms with Gasteiger partial charge in [-0.1, -0.05) is 19.9 Å². The lowest BCUT2D eigenvalue weighted by molar-refractivity contribution is -0.188. The summed E-state index contributed by atoms with van der Waals surface area (Å²) in [6.45, 7) is 5.90. The molecule has 0 fully saturated rings. The first-order valence-electron chi connectivity index (χ1n) is 11.4. The molecule has 176 valence electrons. The molecule has 2 aliphatic rings. The minimum atomic E-state index is -1.67. The van der Waals surface area contributed by atoms with Crippen molar-refractivity contribution in [3.8, 4) is 11.4 Å². The van der Waals surface area contributed by atoms with Gasteiger partial charge < -0.3 is 25.1 Å². The van der Waals surface area contributed by atoms with E-state index in [9.17, 15) is 14.4 Å². The molecule has 2 aromatic heterocycles. The number of hydrogen-bond donors (Lipinski definition) is 2. The van der Waals surface area contributed by atoms with Crippen LogP contribution >= 0.6 is 0 Å². The van der Waals surface area contributed by atoms with Gasteiger partial charge in [-0.15, -0.1) is 0 Å². The van der Waals surface area contributed by atoms with Crippen LogP contribution in [0.1, 0.15) is 50.3 Å². The Morgan fingerprint density at radius 2 is 2.09 bits per heavy atom. The molecule has 4 heterocycles. The number of cyclic esters (lactones) is 1. The second-order valence-corrected chi connectivity index (χ2v) is 8.65. The zero-order valence-corrected chi connectivity index (χ0v) is 19.4. The van der Waals surface area contributed by atoms with Crippen molar-refractivity contribution < 1.29 is 19.1 Å². The minimum Gasteiger partial charge on any atom is -0.457 e. The van der Waals surface area contributed by atoms with E-state index in [1.807, 2.05) is 18.2 Å². The Hall–Kier alpha value is -3.88. The quantitative estimate of drug-likeness (QED) is 0.342. The summed E-state index contributed by atoms with van der Waals surface area (Å²) < 4.78 is 12.5. The molecule has 0 amide bonds. The maximum absolute atomic E-state index is 13.6. The van der Waals surface area contributed by atoms with Crippen LogP contribution in [0.5, 0.6) is 0 Å². The number of esters is 2. The molecule has 3 N–H and O–H groups in total. The minimum absolute atomic E-state index is 0.138. The number of hydrogen-bond acceptors (Lipinski definition) is 8. The molecule has 0 unspecified atom stereocenters. The molecule has 2 aliphatic heterocycles. The summed E-state index contributed by atoms with van der Waals surface area (Å²) in [7, 11) is 0. The summed E-state index contributed by atoms with van der Waals surface area (Å²) in [6.07, 6.45) is 1.05. The Labute approximate surface area is 195 Å². The molecule has 9 heteroatoms. The number of nitrogens with zero attached hydrogens (tertiary/aromatic N) is 2. The average Bonchev–Trinajstić information content (AvgIpc) is 3.17. The van der Waals surface area contributed by atoms with Crippen LogP contribution in [0.3, 0.4) is 0 Å². The van der Waals surface area contributed by atoms with Gasteiger partial charge in [0.1, 0.15) is 6.61 Å². The lowest BCUT2D eigenvalue weighted by Crippen LogP contribution is -2.47. The highest BCUT2D eigenvalue weighted by atomic mass is 16.6. The summed E-state index contributed by atoms with van der Waals surface area (Å²) in [4.78, 5) is 43.2. The van der Waals surface area contributed by atoms with Crippen molar-refractivity contribution in [1.82, 2.24) is 9.55 Å². The van der Waals surface area contributed by atoms with Crippen LogP contribution in [0.25, 0.3) is 22.3 Å². The molecule has 34 heavy (non-hydrogen) atoms. The second kappa shape index (κ2) is 7.86. The number of carbonyl (C=O) groups excluding carboxylic acids is 2. The first-order chi connectivity index (χ1) is 16.3. The highest BCUT2D eigenvalue weighted by Crippen LogP contribution is 2.44. The van der Waals surface area contributed by atoms with Gasteiger partial charge in [0.2, 0.25) is 5.60 Å². The smallest absolute Gasteiger partial charge is 0.355 e. The fraction of sp³-hybridized carbons (Fsp3) is 0.360. The van der Waals surface area contributed by atoms with Crippen molar-refractivity contribution in [3.05, 3.63) is 51.3 Å². The molecule has 9 nitrogen and oxygen atoms in total. The molecule has 0 radical (unpaired) electrons. The van der Waals surface area contributed by atoms with E-state index in [4.69, 9.17) is 20.2 Å². The predicted molar refractivity (Wildman–Crippen MR) is 127 cm³/mol. The van der Waals surface area contributed by atoms with Crippen LogP contribution in [-0.4, -0.2) is 28.0 Å². The first-order valence-corrected chi connectivity index (χ1v) is 11.4. The van der Waals surface area contributed by atoms with E-state index in [0.717, 1.165) is 29.6 Å². The van der Waals surface area contributed by atoms with E-state index in [2.05, 4.69) is 12.2 Å². The van der Waals surface area contributed by atoms with Crippen LogP contribution in [0, 0.1) is 0 Å². The third-order valence-corrected chi connectivity index (χ3v) is 6.58. The Balaban J connectivity index is 1.81. The lowest BCUT2D eigenvalue weighted by Gasteiger charge is -2.35. The SMILES string of the molecule is CCCNc1c2c(nc3cccc(N)c13)-c1cc3c(c(=O)n1C2)COC(=O)[C@@]3(CC)OC(C)=O. The molecule has 0 bridgehead atoms. The van der Waals surface area contributed by atoms with Gasteiger partial charge in [0, 0.05) is 35.7 Å². The van der Waals surface area contributed by atoms with E-state index in [-0.39, 0.29) is 18.6 Å².